The van der Waals surface area contributed by atoms with E-state index in [2.05, 4.69) is 5.32 Å². The molecule has 3 heterocycles. The maximum atomic E-state index is 14.2. The highest BCUT2D eigenvalue weighted by atomic mass is 35.5. The number of nitrogens with one attached hydrogen (secondary N) is 1. The van der Waals surface area contributed by atoms with Gasteiger partial charge in [-0.2, -0.15) is 0 Å². The van der Waals surface area contributed by atoms with Crippen molar-refractivity contribution in [2.75, 3.05) is 6.54 Å². The van der Waals surface area contributed by atoms with Crippen molar-refractivity contribution in [3.05, 3.63) is 96.9 Å². The number of halogens is 3. The molecular formula is C25H20ClF2N3O4. The number of aryl methyl sites for hydroxylation is 1. The molecule has 2 amide bonds. The second-order valence-corrected chi connectivity index (χ2v) is 9.26. The summed E-state index contributed by atoms with van der Waals surface area (Å²) in [5.41, 5.74) is 0.189. The Morgan fingerprint density at radius 1 is 1.17 bits per heavy atom. The van der Waals surface area contributed by atoms with Gasteiger partial charge in [0.1, 0.15) is 17.2 Å². The highest BCUT2D eigenvalue weighted by Crippen LogP contribution is 2.34. The summed E-state index contributed by atoms with van der Waals surface area (Å²) in [4.78, 5) is 40.3. The molecule has 0 fully saturated rings. The van der Waals surface area contributed by atoms with Crippen LogP contribution in [-0.4, -0.2) is 32.9 Å². The van der Waals surface area contributed by atoms with E-state index in [9.17, 15) is 28.3 Å². The Balaban J connectivity index is 1.51. The third-order valence-corrected chi connectivity index (χ3v) is 6.70. The minimum absolute atomic E-state index is 0.197. The number of hydrogen-bond donors (Lipinski definition) is 2. The molecule has 35 heavy (non-hydrogen) atoms. The van der Waals surface area contributed by atoms with Crippen LogP contribution in [-0.2, 0) is 19.5 Å². The molecule has 1 aromatic heterocycles. The second kappa shape index (κ2) is 8.49. The second-order valence-electron chi connectivity index (χ2n) is 8.82. The van der Waals surface area contributed by atoms with Crippen molar-refractivity contribution in [3.63, 3.8) is 0 Å². The van der Waals surface area contributed by atoms with Crippen molar-refractivity contribution in [3.8, 4) is 5.75 Å². The summed E-state index contributed by atoms with van der Waals surface area (Å²) in [6, 6.07) is 7.28. The molecule has 2 aromatic carbocycles. The topological polar surface area (TPSA) is 91.6 Å². The van der Waals surface area contributed by atoms with E-state index in [1.165, 1.54) is 17.7 Å². The molecule has 7 nitrogen and oxygen atoms in total. The molecule has 0 aliphatic carbocycles. The number of benzene rings is 2. The lowest BCUT2D eigenvalue weighted by molar-refractivity contribution is 0.0653. The van der Waals surface area contributed by atoms with Crippen molar-refractivity contribution < 1.29 is 23.5 Å². The number of rotatable bonds is 3. The highest BCUT2D eigenvalue weighted by Gasteiger charge is 2.37. The smallest absolute Gasteiger partial charge is 0.274 e. The number of aromatic hydroxyl groups is 1. The quantitative estimate of drug-likeness (QED) is 0.577. The van der Waals surface area contributed by atoms with Gasteiger partial charge in [0, 0.05) is 36.4 Å². The van der Waals surface area contributed by atoms with Gasteiger partial charge in [-0.3, -0.25) is 14.4 Å². The summed E-state index contributed by atoms with van der Waals surface area (Å²) in [7, 11) is 0. The van der Waals surface area contributed by atoms with E-state index in [1.807, 2.05) is 12.1 Å². The van der Waals surface area contributed by atoms with E-state index in [-0.39, 0.29) is 17.3 Å². The Kier molecular flexibility index (Phi) is 5.59. The van der Waals surface area contributed by atoms with Gasteiger partial charge in [-0.15, -0.1) is 0 Å². The molecule has 0 spiro atoms. The zero-order chi connectivity index (χ0) is 25.0. The van der Waals surface area contributed by atoms with Gasteiger partial charge in [-0.25, -0.2) is 8.78 Å². The molecule has 2 aliphatic heterocycles. The lowest BCUT2D eigenvalue weighted by Crippen LogP contribution is -2.44. The molecule has 0 unspecified atom stereocenters. The van der Waals surface area contributed by atoms with Crippen molar-refractivity contribution in [2.24, 2.45) is 0 Å². The van der Waals surface area contributed by atoms with E-state index < -0.39 is 46.7 Å². The molecular weight excluding hydrogens is 480 g/mol. The number of nitrogens with zero attached hydrogens (tertiary/aromatic N) is 2. The predicted molar refractivity (Wildman–Crippen MR) is 124 cm³/mol. The van der Waals surface area contributed by atoms with Crippen LogP contribution in [0.4, 0.5) is 8.78 Å². The standard InChI is InChI=1S/C25H20ClF2N3O4/c1-12-4-19(27)17(20(28)5-12)8-29-24(34)18-11-31-16-7-14-6-15(26)3-2-13(14)9-30(10-16)25(35)21(31)23(33)22(18)32/h2-6,11,16,33H,7-10H2,1H3,(H,29,34)/t16-/m1/s1. The van der Waals surface area contributed by atoms with E-state index in [0.717, 1.165) is 23.3 Å². The Morgan fingerprint density at radius 3 is 2.60 bits per heavy atom. The van der Waals surface area contributed by atoms with E-state index >= 15 is 0 Å². The highest BCUT2D eigenvalue weighted by molar-refractivity contribution is 6.30. The fraction of sp³-hybridized carbons (Fsp3) is 0.240. The first-order valence-corrected chi connectivity index (χ1v) is 11.3. The first kappa shape index (κ1) is 23.0. The van der Waals surface area contributed by atoms with Crippen LogP contribution in [0, 0.1) is 18.6 Å². The zero-order valence-electron chi connectivity index (χ0n) is 18.6. The zero-order valence-corrected chi connectivity index (χ0v) is 19.3. The van der Waals surface area contributed by atoms with Gasteiger partial charge in [-0.1, -0.05) is 17.7 Å². The number of fused-ring (bicyclic) bond motifs is 5. The number of carbonyl (C=O) groups is 2. The van der Waals surface area contributed by atoms with Crippen LogP contribution < -0.4 is 10.7 Å². The Hall–Kier alpha value is -3.72. The Bertz CT molecular complexity index is 1450. The molecule has 10 heteroatoms. The number of aromatic nitrogens is 1. The third-order valence-electron chi connectivity index (χ3n) is 6.47. The predicted octanol–water partition coefficient (Wildman–Crippen LogP) is 3.48. The van der Waals surface area contributed by atoms with Crippen LogP contribution in [0.15, 0.2) is 41.3 Å². The average molecular weight is 500 g/mol. The first-order chi connectivity index (χ1) is 16.6. The Morgan fingerprint density at radius 2 is 1.89 bits per heavy atom. The van der Waals surface area contributed by atoms with Gasteiger partial charge in [0.05, 0.1) is 6.04 Å². The molecule has 0 radical (unpaired) electrons. The molecule has 180 valence electrons. The fourth-order valence-corrected chi connectivity index (χ4v) is 4.91. The van der Waals surface area contributed by atoms with Gasteiger partial charge >= 0.3 is 0 Å². The van der Waals surface area contributed by atoms with Crippen LogP contribution in [0.1, 0.15) is 49.1 Å². The summed E-state index contributed by atoms with van der Waals surface area (Å²) >= 11 is 6.16. The Labute approximate surface area is 203 Å². The molecule has 0 saturated heterocycles. The van der Waals surface area contributed by atoms with Crippen LogP contribution in [0.3, 0.4) is 0 Å². The SMILES string of the molecule is Cc1cc(F)c(CNC(=O)c2cn3c(c(O)c2=O)C(=O)N2Cc4ccc(Cl)cc4C[C@@H]3C2)c(F)c1. The molecule has 5 rings (SSSR count). The minimum Gasteiger partial charge on any atom is -0.503 e. The van der Waals surface area contributed by atoms with Gasteiger partial charge in [0.15, 0.2) is 11.4 Å². The van der Waals surface area contributed by atoms with E-state index in [4.69, 9.17) is 11.6 Å². The van der Waals surface area contributed by atoms with Gasteiger partial charge in [0.2, 0.25) is 5.43 Å². The van der Waals surface area contributed by atoms with Crippen molar-refractivity contribution in [1.82, 2.24) is 14.8 Å². The molecule has 1 atom stereocenters. The number of pyridine rings is 1. The summed E-state index contributed by atoms with van der Waals surface area (Å²) in [6.07, 6.45) is 1.68. The normalized spacial score (nSPS) is 16.4. The summed E-state index contributed by atoms with van der Waals surface area (Å²) in [6.45, 7) is 1.64. The van der Waals surface area contributed by atoms with E-state index in [1.54, 1.807) is 11.0 Å². The summed E-state index contributed by atoms with van der Waals surface area (Å²) in [5.74, 6) is -3.95. The van der Waals surface area contributed by atoms with Crippen LogP contribution in [0.2, 0.25) is 5.02 Å². The minimum atomic E-state index is -1.03. The third kappa shape index (κ3) is 3.95. The largest absolute Gasteiger partial charge is 0.503 e. The average Bonchev–Trinajstić information content (AvgIpc) is 2.96. The maximum Gasteiger partial charge on any atom is 0.274 e. The number of amides is 2. The first-order valence-electron chi connectivity index (χ1n) is 10.9. The number of hydrogen-bond acceptors (Lipinski definition) is 4. The maximum absolute atomic E-state index is 14.2. The fourth-order valence-electron chi connectivity index (χ4n) is 4.72. The molecule has 0 saturated carbocycles. The van der Waals surface area contributed by atoms with Crippen molar-refractivity contribution in [2.45, 2.75) is 32.5 Å². The molecule has 2 N–H and O–H groups in total. The van der Waals surface area contributed by atoms with Crippen molar-refractivity contribution >= 4 is 23.4 Å². The van der Waals surface area contributed by atoms with Crippen molar-refractivity contribution in [1.29, 1.82) is 0 Å². The summed E-state index contributed by atoms with van der Waals surface area (Å²) < 4.78 is 29.7. The lowest BCUT2D eigenvalue weighted by Gasteiger charge is -2.34. The van der Waals surface area contributed by atoms with Crippen LogP contribution >= 0.6 is 11.6 Å². The van der Waals surface area contributed by atoms with Gasteiger partial charge in [-0.05, 0) is 54.3 Å². The lowest BCUT2D eigenvalue weighted by atomic mass is 10.0. The summed E-state index contributed by atoms with van der Waals surface area (Å²) in [5, 5.41) is 13.5. The molecule has 2 aliphatic rings. The van der Waals surface area contributed by atoms with E-state index in [0.29, 0.717) is 30.1 Å². The molecule has 2 bridgehead atoms. The monoisotopic (exact) mass is 499 g/mol. The van der Waals surface area contributed by atoms with Crippen LogP contribution in [0.25, 0.3) is 0 Å². The number of carbonyl (C=O) groups excluding carboxylic acids is 2. The van der Waals surface area contributed by atoms with Gasteiger partial charge in [0.25, 0.3) is 11.8 Å². The van der Waals surface area contributed by atoms with Crippen LogP contribution in [0.5, 0.6) is 5.75 Å². The molecule has 3 aromatic rings. The van der Waals surface area contributed by atoms with Gasteiger partial charge < -0.3 is 19.9 Å².